The summed E-state index contributed by atoms with van der Waals surface area (Å²) in [6.07, 6.45) is 6.93. The van der Waals surface area contributed by atoms with Gasteiger partial charge in [0.2, 0.25) is 0 Å². The number of nitrogens with zero attached hydrogens (tertiary/aromatic N) is 1. The Balaban J connectivity index is 1.85. The highest BCUT2D eigenvalue weighted by atomic mass is 16.5. The van der Waals surface area contributed by atoms with Gasteiger partial charge in [0.05, 0.1) is 12.2 Å². The highest BCUT2D eigenvalue weighted by Gasteiger charge is 2.23. The third-order valence-electron chi connectivity index (χ3n) is 4.12. The van der Waals surface area contributed by atoms with Crippen LogP contribution in [0.15, 0.2) is 23.8 Å². The molecule has 0 amide bonds. The summed E-state index contributed by atoms with van der Waals surface area (Å²) in [4.78, 5) is 2.55. The van der Waals surface area contributed by atoms with E-state index < -0.39 is 0 Å². The van der Waals surface area contributed by atoms with Crippen molar-refractivity contribution in [2.75, 3.05) is 19.6 Å². The van der Waals surface area contributed by atoms with E-state index in [0.717, 1.165) is 25.6 Å². The molecule has 0 aromatic heterocycles. The predicted octanol–water partition coefficient (Wildman–Crippen LogP) is 3.40. The van der Waals surface area contributed by atoms with E-state index in [-0.39, 0.29) is 0 Å². The zero-order valence-electron chi connectivity index (χ0n) is 12.1. The molecule has 2 rings (SSSR count). The third kappa shape index (κ3) is 3.69. The van der Waals surface area contributed by atoms with Crippen LogP contribution in [0.5, 0.6) is 0 Å². The molecule has 0 aromatic rings. The van der Waals surface area contributed by atoms with Gasteiger partial charge in [0, 0.05) is 19.6 Å². The number of rotatable bonds is 3. The summed E-state index contributed by atoms with van der Waals surface area (Å²) in [5, 5.41) is 0. The summed E-state index contributed by atoms with van der Waals surface area (Å²) in [6, 6.07) is 0. The molecule has 0 N–H and O–H groups in total. The van der Waals surface area contributed by atoms with Gasteiger partial charge in [-0.15, -0.1) is 0 Å². The normalized spacial score (nSPS) is 34.2. The van der Waals surface area contributed by atoms with Crippen molar-refractivity contribution < 1.29 is 4.74 Å². The van der Waals surface area contributed by atoms with Crippen LogP contribution < -0.4 is 0 Å². The average molecular weight is 249 g/mol. The van der Waals surface area contributed by atoms with Crippen molar-refractivity contribution in [3.63, 3.8) is 0 Å². The Hall–Kier alpha value is -0.600. The van der Waals surface area contributed by atoms with Gasteiger partial charge in [-0.3, -0.25) is 4.90 Å². The van der Waals surface area contributed by atoms with Crippen LogP contribution >= 0.6 is 0 Å². The van der Waals surface area contributed by atoms with Crippen molar-refractivity contribution in [2.24, 2.45) is 5.92 Å². The molecule has 1 heterocycles. The lowest BCUT2D eigenvalue weighted by Crippen LogP contribution is -2.46. The molecule has 0 spiro atoms. The van der Waals surface area contributed by atoms with E-state index in [9.17, 15) is 0 Å². The van der Waals surface area contributed by atoms with Crippen LogP contribution in [0.4, 0.5) is 0 Å². The zero-order chi connectivity index (χ0) is 13.1. The second-order valence-corrected chi connectivity index (χ2v) is 6.13. The van der Waals surface area contributed by atoms with E-state index in [4.69, 9.17) is 4.74 Å². The fraction of sp³-hybridized carbons (Fsp3) is 0.750. The smallest absolute Gasteiger partial charge is 0.0678 e. The van der Waals surface area contributed by atoms with Crippen LogP contribution in [0.25, 0.3) is 0 Å². The van der Waals surface area contributed by atoms with E-state index in [1.165, 1.54) is 24.8 Å². The van der Waals surface area contributed by atoms with Gasteiger partial charge >= 0.3 is 0 Å². The lowest BCUT2D eigenvalue weighted by atomic mass is 9.85. The van der Waals surface area contributed by atoms with Gasteiger partial charge in [0.25, 0.3) is 0 Å². The summed E-state index contributed by atoms with van der Waals surface area (Å²) >= 11 is 0. The Bertz CT molecular complexity index is 324. The fourth-order valence-corrected chi connectivity index (χ4v) is 3.18. The second kappa shape index (κ2) is 6.03. The molecule has 18 heavy (non-hydrogen) atoms. The molecule has 2 unspecified atom stereocenters. The average Bonchev–Trinajstić information content (AvgIpc) is 2.28. The Morgan fingerprint density at radius 1 is 1.39 bits per heavy atom. The van der Waals surface area contributed by atoms with Crippen LogP contribution in [0.1, 0.15) is 40.0 Å². The topological polar surface area (TPSA) is 12.5 Å². The predicted molar refractivity (Wildman–Crippen MR) is 76.7 cm³/mol. The Kier molecular flexibility index (Phi) is 4.63. The standard InChI is InChI=1S/C16H27NO/c1-12(2)16-7-5-15(6-8-16)11-17-9-13(3)18-14(4)10-17/h5,13-14,16H,1,6-11H2,2-4H3/t13?,14?,16-/m0/s1. The van der Waals surface area contributed by atoms with Gasteiger partial charge in [-0.1, -0.05) is 23.8 Å². The van der Waals surface area contributed by atoms with Crippen LogP contribution in [-0.2, 0) is 4.74 Å². The van der Waals surface area contributed by atoms with Crippen LogP contribution in [0.3, 0.4) is 0 Å². The first-order valence-electron chi connectivity index (χ1n) is 7.25. The van der Waals surface area contributed by atoms with Crippen LogP contribution in [-0.4, -0.2) is 36.7 Å². The summed E-state index contributed by atoms with van der Waals surface area (Å²) in [6.45, 7) is 13.9. The molecule has 1 aliphatic heterocycles. The fourth-order valence-electron chi connectivity index (χ4n) is 3.18. The molecule has 3 atom stereocenters. The first-order valence-corrected chi connectivity index (χ1v) is 7.25. The Morgan fingerprint density at radius 3 is 2.56 bits per heavy atom. The van der Waals surface area contributed by atoms with Crippen LogP contribution in [0, 0.1) is 5.92 Å². The van der Waals surface area contributed by atoms with Crippen molar-refractivity contribution in [1.29, 1.82) is 0 Å². The highest BCUT2D eigenvalue weighted by Crippen LogP contribution is 2.28. The lowest BCUT2D eigenvalue weighted by Gasteiger charge is -2.36. The maximum atomic E-state index is 5.78. The molecule has 2 aliphatic rings. The monoisotopic (exact) mass is 249 g/mol. The Morgan fingerprint density at radius 2 is 2.06 bits per heavy atom. The summed E-state index contributed by atoms with van der Waals surface area (Å²) in [5.41, 5.74) is 2.97. The first kappa shape index (κ1) is 13.8. The molecule has 1 saturated heterocycles. The highest BCUT2D eigenvalue weighted by molar-refractivity contribution is 5.13. The maximum absolute atomic E-state index is 5.78. The van der Waals surface area contributed by atoms with Crippen molar-refractivity contribution in [3.05, 3.63) is 23.8 Å². The van der Waals surface area contributed by atoms with Gasteiger partial charge < -0.3 is 4.74 Å². The minimum Gasteiger partial charge on any atom is -0.373 e. The molecule has 1 aliphatic carbocycles. The first-order chi connectivity index (χ1) is 8.54. The largest absolute Gasteiger partial charge is 0.373 e. The molecule has 1 fully saturated rings. The number of morpholine rings is 1. The summed E-state index contributed by atoms with van der Waals surface area (Å²) in [5.74, 6) is 0.719. The zero-order valence-corrected chi connectivity index (χ0v) is 12.1. The van der Waals surface area contributed by atoms with E-state index in [1.807, 2.05) is 0 Å². The lowest BCUT2D eigenvalue weighted by molar-refractivity contribution is -0.0655. The number of hydrogen-bond acceptors (Lipinski definition) is 2. The van der Waals surface area contributed by atoms with E-state index in [0.29, 0.717) is 12.2 Å². The van der Waals surface area contributed by atoms with Gasteiger partial charge in [-0.25, -0.2) is 0 Å². The van der Waals surface area contributed by atoms with Gasteiger partial charge in [-0.05, 0) is 46.0 Å². The minimum atomic E-state index is 0.376. The summed E-state index contributed by atoms with van der Waals surface area (Å²) in [7, 11) is 0. The van der Waals surface area contributed by atoms with Crippen molar-refractivity contribution in [3.8, 4) is 0 Å². The molecule has 2 heteroatoms. The molecular weight excluding hydrogens is 222 g/mol. The second-order valence-electron chi connectivity index (χ2n) is 6.13. The van der Waals surface area contributed by atoms with E-state index >= 15 is 0 Å². The van der Waals surface area contributed by atoms with Crippen molar-refractivity contribution >= 4 is 0 Å². The van der Waals surface area contributed by atoms with Crippen molar-refractivity contribution in [2.45, 2.75) is 52.2 Å². The van der Waals surface area contributed by atoms with E-state index in [2.05, 4.69) is 38.3 Å². The molecule has 0 radical (unpaired) electrons. The molecule has 102 valence electrons. The molecule has 0 saturated carbocycles. The SMILES string of the molecule is C=C(C)[C@H]1CC=C(CN2CC(C)OC(C)C2)CC1. The molecule has 2 nitrogen and oxygen atoms in total. The third-order valence-corrected chi connectivity index (χ3v) is 4.12. The van der Waals surface area contributed by atoms with Gasteiger partial charge in [-0.2, -0.15) is 0 Å². The molecule has 0 aromatic carbocycles. The van der Waals surface area contributed by atoms with Gasteiger partial charge in [0.1, 0.15) is 0 Å². The van der Waals surface area contributed by atoms with Crippen LogP contribution in [0.2, 0.25) is 0 Å². The quantitative estimate of drug-likeness (QED) is 0.711. The molecular formula is C16H27NO. The van der Waals surface area contributed by atoms with Crippen molar-refractivity contribution in [1.82, 2.24) is 4.90 Å². The van der Waals surface area contributed by atoms with Gasteiger partial charge in [0.15, 0.2) is 0 Å². The number of ether oxygens (including phenoxy) is 1. The number of hydrogen-bond donors (Lipinski definition) is 0. The molecule has 0 bridgehead atoms. The minimum absolute atomic E-state index is 0.376. The number of allylic oxidation sites excluding steroid dienone is 2. The van der Waals surface area contributed by atoms with E-state index in [1.54, 1.807) is 5.57 Å². The maximum Gasteiger partial charge on any atom is 0.0678 e. The Labute approximate surface area is 112 Å². The summed E-state index contributed by atoms with van der Waals surface area (Å²) < 4.78 is 5.78.